The summed E-state index contributed by atoms with van der Waals surface area (Å²) >= 11 is 0. The molecule has 33 heavy (non-hydrogen) atoms. The number of aryl methyl sites for hydroxylation is 2. The quantitative estimate of drug-likeness (QED) is 0.633. The van der Waals surface area contributed by atoms with E-state index >= 15 is 0 Å². The van der Waals surface area contributed by atoms with E-state index in [2.05, 4.69) is 28.6 Å². The summed E-state index contributed by atoms with van der Waals surface area (Å²) in [4.78, 5) is 39.2. The Morgan fingerprint density at radius 3 is 2.45 bits per heavy atom. The third-order valence-electron chi connectivity index (χ3n) is 5.65. The van der Waals surface area contributed by atoms with Crippen LogP contribution in [0, 0.1) is 6.92 Å². The molecule has 7 nitrogen and oxygen atoms in total. The van der Waals surface area contributed by atoms with Crippen LogP contribution < -0.4 is 10.9 Å². The second-order valence-corrected chi connectivity index (χ2v) is 8.04. The van der Waals surface area contributed by atoms with Gasteiger partial charge in [0.25, 0.3) is 11.5 Å². The first-order valence-electron chi connectivity index (χ1n) is 11.0. The monoisotopic (exact) mass is 442 g/mol. The highest BCUT2D eigenvalue weighted by Gasteiger charge is 2.18. The Balaban J connectivity index is 1.36. The number of aromatic nitrogens is 2. The molecule has 4 rings (SSSR count). The Hall–Kier alpha value is -4.00. The highest BCUT2D eigenvalue weighted by atomic mass is 16.2. The summed E-state index contributed by atoms with van der Waals surface area (Å²) in [6.45, 7) is 3.27. The molecule has 0 radical (unpaired) electrons. The molecule has 0 atom stereocenters. The van der Waals surface area contributed by atoms with E-state index in [-0.39, 0.29) is 30.1 Å². The molecule has 1 aliphatic heterocycles. The average molecular weight is 443 g/mol. The van der Waals surface area contributed by atoms with Gasteiger partial charge in [0.2, 0.25) is 5.91 Å². The van der Waals surface area contributed by atoms with Gasteiger partial charge in [0, 0.05) is 31.3 Å². The largest absolute Gasteiger partial charge is 0.339 e. The molecule has 0 unspecified atom stereocenters. The summed E-state index contributed by atoms with van der Waals surface area (Å²) in [5, 5.41) is 6.93. The zero-order chi connectivity index (χ0) is 23.2. The van der Waals surface area contributed by atoms with E-state index in [1.54, 1.807) is 17.0 Å². The van der Waals surface area contributed by atoms with Gasteiger partial charge in [0.05, 0.1) is 6.54 Å². The highest BCUT2D eigenvalue weighted by Crippen LogP contribution is 2.22. The van der Waals surface area contributed by atoms with Crippen molar-refractivity contribution in [2.24, 2.45) is 0 Å². The minimum Gasteiger partial charge on any atom is -0.339 e. The van der Waals surface area contributed by atoms with Gasteiger partial charge in [-0.1, -0.05) is 54.1 Å². The lowest BCUT2D eigenvalue weighted by Crippen LogP contribution is -2.36. The topological polar surface area (TPSA) is 84.3 Å². The molecule has 0 spiro atoms. The number of carbonyl (C=O) groups is 2. The van der Waals surface area contributed by atoms with Crippen molar-refractivity contribution < 1.29 is 9.59 Å². The average Bonchev–Trinajstić information content (AvgIpc) is 2.85. The molecule has 0 bridgehead atoms. The van der Waals surface area contributed by atoms with Gasteiger partial charge in [-0.2, -0.15) is 5.10 Å². The molecule has 0 aliphatic carbocycles. The van der Waals surface area contributed by atoms with Crippen LogP contribution in [-0.2, 0) is 11.3 Å². The van der Waals surface area contributed by atoms with Crippen molar-refractivity contribution in [2.75, 3.05) is 18.4 Å². The van der Waals surface area contributed by atoms with Crippen molar-refractivity contribution in [2.45, 2.75) is 26.3 Å². The summed E-state index contributed by atoms with van der Waals surface area (Å²) in [6, 6.07) is 20.2. The van der Waals surface area contributed by atoms with Crippen molar-refractivity contribution in [1.82, 2.24) is 14.7 Å². The van der Waals surface area contributed by atoms with E-state index in [1.165, 1.54) is 28.0 Å². The molecular formula is C26H26N4O3. The van der Waals surface area contributed by atoms with Crippen LogP contribution in [0.1, 0.15) is 34.5 Å². The van der Waals surface area contributed by atoms with Crippen LogP contribution in [-0.4, -0.2) is 39.6 Å². The fourth-order valence-electron chi connectivity index (χ4n) is 3.73. The minimum absolute atomic E-state index is 0.0402. The van der Waals surface area contributed by atoms with Crippen LogP contribution in [0.25, 0.3) is 5.57 Å². The molecule has 2 heterocycles. The van der Waals surface area contributed by atoms with Gasteiger partial charge in [0.1, 0.15) is 5.69 Å². The first kappa shape index (κ1) is 22.2. The van der Waals surface area contributed by atoms with Crippen molar-refractivity contribution in [1.29, 1.82) is 0 Å². The fourth-order valence-corrected chi connectivity index (χ4v) is 3.73. The first-order valence-corrected chi connectivity index (χ1v) is 11.0. The zero-order valence-corrected chi connectivity index (χ0v) is 18.5. The van der Waals surface area contributed by atoms with Gasteiger partial charge in [0.15, 0.2) is 0 Å². The second-order valence-electron chi connectivity index (χ2n) is 8.04. The second kappa shape index (κ2) is 10.1. The Morgan fingerprint density at radius 1 is 1.00 bits per heavy atom. The number of hydrogen-bond acceptors (Lipinski definition) is 4. The maximum atomic E-state index is 12.7. The zero-order valence-electron chi connectivity index (χ0n) is 18.5. The first-order chi connectivity index (χ1) is 16.0. The van der Waals surface area contributed by atoms with E-state index in [4.69, 9.17) is 0 Å². The molecule has 0 saturated carbocycles. The van der Waals surface area contributed by atoms with Crippen LogP contribution in [0.2, 0.25) is 0 Å². The van der Waals surface area contributed by atoms with Crippen molar-refractivity contribution in [3.05, 3.63) is 100.0 Å². The van der Waals surface area contributed by atoms with Crippen molar-refractivity contribution in [3.8, 4) is 0 Å². The van der Waals surface area contributed by atoms with Gasteiger partial charge in [-0.25, -0.2) is 4.68 Å². The number of rotatable bonds is 6. The van der Waals surface area contributed by atoms with Gasteiger partial charge in [-0.3, -0.25) is 14.4 Å². The van der Waals surface area contributed by atoms with Gasteiger partial charge in [-0.15, -0.1) is 0 Å². The molecule has 7 heteroatoms. The summed E-state index contributed by atoms with van der Waals surface area (Å²) in [6.07, 6.45) is 3.02. The number of carbonyl (C=O) groups excluding carboxylic acids is 2. The highest BCUT2D eigenvalue weighted by molar-refractivity contribution is 6.02. The molecule has 2 amide bonds. The Morgan fingerprint density at radius 2 is 1.76 bits per heavy atom. The molecule has 1 N–H and O–H groups in total. The van der Waals surface area contributed by atoms with Crippen LogP contribution in [0.4, 0.5) is 5.69 Å². The van der Waals surface area contributed by atoms with E-state index in [0.717, 1.165) is 12.0 Å². The number of anilines is 1. The van der Waals surface area contributed by atoms with Crippen LogP contribution >= 0.6 is 0 Å². The molecule has 2 aromatic carbocycles. The van der Waals surface area contributed by atoms with Crippen LogP contribution in [0.15, 0.2) is 77.6 Å². The predicted molar refractivity (Wildman–Crippen MR) is 128 cm³/mol. The summed E-state index contributed by atoms with van der Waals surface area (Å²) in [5.41, 5.74) is 3.93. The number of nitrogens with one attached hydrogen (secondary N) is 1. The number of amides is 2. The van der Waals surface area contributed by atoms with Gasteiger partial charge < -0.3 is 10.2 Å². The van der Waals surface area contributed by atoms with Crippen molar-refractivity contribution in [3.63, 3.8) is 0 Å². The lowest BCUT2D eigenvalue weighted by molar-refractivity contribution is -0.131. The molecule has 0 saturated heterocycles. The molecule has 1 aliphatic rings. The SMILES string of the molecule is Cc1ccc(NC(=O)c2ccc(=O)n(CCC(=O)N3CC=C(c4ccccc4)CC3)n2)cc1. The number of nitrogens with zero attached hydrogens (tertiary/aromatic N) is 3. The summed E-state index contributed by atoms with van der Waals surface area (Å²) in [5.74, 6) is -0.449. The Labute approximate surface area is 192 Å². The molecule has 168 valence electrons. The third kappa shape index (κ3) is 5.63. The minimum atomic E-state index is -0.409. The van der Waals surface area contributed by atoms with E-state index < -0.39 is 5.91 Å². The molecule has 1 aromatic heterocycles. The molecular weight excluding hydrogens is 416 g/mol. The lowest BCUT2D eigenvalue weighted by atomic mass is 9.99. The normalized spacial score (nSPS) is 13.4. The maximum Gasteiger partial charge on any atom is 0.276 e. The molecule has 3 aromatic rings. The van der Waals surface area contributed by atoms with Gasteiger partial charge >= 0.3 is 0 Å². The summed E-state index contributed by atoms with van der Waals surface area (Å²) in [7, 11) is 0. The van der Waals surface area contributed by atoms with Crippen LogP contribution in [0.3, 0.4) is 0 Å². The standard InChI is InChI=1S/C26H26N4O3/c1-19-7-9-22(10-8-19)27-26(33)23-11-12-25(32)30(28-23)18-15-24(31)29-16-13-21(14-17-29)20-5-3-2-4-6-20/h2-13H,14-18H2,1H3,(H,27,33). The fraction of sp³-hybridized carbons (Fsp3) is 0.231. The van der Waals surface area contributed by atoms with E-state index in [1.807, 2.05) is 37.3 Å². The predicted octanol–water partition coefficient (Wildman–Crippen LogP) is 3.51. The number of benzene rings is 2. The smallest absolute Gasteiger partial charge is 0.276 e. The van der Waals surface area contributed by atoms with Crippen LogP contribution in [0.5, 0.6) is 0 Å². The third-order valence-corrected chi connectivity index (χ3v) is 5.65. The Bertz CT molecular complexity index is 1230. The lowest BCUT2D eigenvalue weighted by Gasteiger charge is -2.26. The molecule has 0 fully saturated rings. The maximum absolute atomic E-state index is 12.7. The summed E-state index contributed by atoms with van der Waals surface area (Å²) < 4.78 is 1.18. The van der Waals surface area contributed by atoms with E-state index in [9.17, 15) is 14.4 Å². The Kier molecular flexibility index (Phi) is 6.78. The number of hydrogen-bond donors (Lipinski definition) is 1. The van der Waals surface area contributed by atoms with Gasteiger partial charge in [-0.05, 0) is 42.7 Å². The van der Waals surface area contributed by atoms with Crippen molar-refractivity contribution >= 4 is 23.1 Å². The van der Waals surface area contributed by atoms with E-state index in [0.29, 0.717) is 18.8 Å².